The molecule has 3 rings (SSSR count). The molecule has 2 amide bonds. The van der Waals surface area contributed by atoms with Crippen LogP contribution >= 0.6 is 0 Å². The van der Waals surface area contributed by atoms with Gasteiger partial charge in [-0.3, -0.25) is 4.79 Å². The lowest BCUT2D eigenvalue weighted by Crippen LogP contribution is -2.50. The van der Waals surface area contributed by atoms with Crippen molar-refractivity contribution in [1.29, 1.82) is 0 Å². The summed E-state index contributed by atoms with van der Waals surface area (Å²) in [5.74, 6) is 1.14. The van der Waals surface area contributed by atoms with Gasteiger partial charge >= 0.3 is 6.09 Å². The molecule has 0 aromatic carbocycles. The molecule has 0 bridgehead atoms. The predicted octanol–water partition coefficient (Wildman–Crippen LogP) is 2.39. The molecule has 2 atom stereocenters. The molecule has 1 aromatic rings. The Morgan fingerprint density at radius 2 is 2.08 bits per heavy atom. The van der Waals surface area contributed by atoms with Crippen molar-refractivity contribution in [2.75, 3.05) is 19.6 Å². The molecule has 1 saturated carbocycles. The maximum Gasteiger partial charge on any atom is 0.410 e. The fraction of sp³-hybridized carbons (Fsp3) is 0.706. The van der Waals surface area contributed by atoms with Crippen LogP contribution in [-0.4, -0.2) is 47.3 Å². The Morgan fingerprint density at radius 3 is 2.67 bits per heavy atom. The quantitative estimate of drug-likeness (QED) is 0.913. The van der Waals surface area contributed by atoms with E-state index in [4.69, 9.17) is 9.26 Å². The van der Waals surface area contributed by atoms with Crippen LogP contribution in [-0.2, 0) is 4.74 Å². The first-order chi connectivity index (χ1) is 11.2. The molecule has 7 heteroatoms. The molecule has 0 spiro atoms. The van der Waals surface area contributed by atoms with Crippen LogP contribution in [0.15, 0.2) is 10.8 Å². The molecule has 1 N–H and O–H groups in total. The van der Waals surface area contributed by atoms with Crippen LogP contribution < -0.4 is 5.32 Å². The summed E-state index contributed by atoms with van der Waals surface area (Å²) in [5, 5.41) is 6.91. The zero-order valence-electron chi connectivity index (χ0n) is 14.7. The number of carbonyl (C=O) groups is 2. The number of amides is 2. The average molecular weight is 335 g/mol. The molecule has 1 saturated heterocycles. The number of hydrogen-bond acceptors (Lipinski definition) is 5. The Labute approximate surface area is 141 Å². The van der Waals surface area contributed by atoms with Gasteiger partial charge in [-0.05, 0) is 39.0 Å². The van der Waals surface area contributed by atoms with Crippen molar-refractivity contribution >= 4 is 12.0 Å². The summed E-state index contributed by atoms with van der Waals surface area (Å²) in [6.07, 6.45) is 2.22. The van der Waals surface area contributed by atoms with Gasteiger partial charge in [0.15, 0.2) is 0 Å². The van der Waals surface area contributed by atoms with Gasteiger partial charge in [0.25, 0.3) is 5.91 Å². The topological polar surface area (TPSA) is 84.7 Å². The Morgan fingerprint density at radius 1 is 1.42 bits per heavy atom. The van der Waals surface area contributed by atoms with Gasteiger partial charge in [0, 0.05) is 25.6 Å². The average Bonchev–Trinajstić information content (AvgIpc) is 2.92. The molecule has 2 unspecified atom stereocenters. The van der Waals surface area contributed by atoms with Crippen LogP contribution in [0, 0.1) is 11.8 Å². The Hall–Kier alpha value is -2.05. The number of nitrogens with one attached hydrogen (secondary N) is 1. The first kappa shape index (κ1) is 16.8. The molecule has 7 nitrogen and oxygen atoms in total. The molecule has 1 aliphatic heterocycles. The monoisotopic (exact) mass is 335 g/mol. The number of carbonyl (C=O) groups excluding carboxylic acids is 2. The van der Waals surface area contributed by atoms with Crippen molar-refractivity contribution in [2.24, 2.45) is 11.8 Å². The van der Waals surface area contributed by atoms with Gasteiger partial charge in [-0.15, -0.1) is 0 Å². The summed E-state index contributed by atoms with van der Waals surface area (Å²) >= 11 is 0. The van der Waals surface area contributed by atoms with Gasteiger partial charge in [0.2, 0.25) is 0 Å². The molecule has 132 valence electrons. The third-order valence-corrected chi connectivity index (χ3v) is 4.56. The van der Waals surface area contributed by atoms with E-state index in [2.05, 4.69) is 17.4 Å². The third kappa shape index (κ3) is 3.71. The number of ether oxygens (including phenoxy) is 1. The van der Waals surface area contributed by atoms with E-state index in [0.29, 0.717) is 42.7 Å². The lowest BCUT2D eigenvalue weighted by atomic mass is 9.94. The largest absolute Gasteiger partial charge is 0.444 e. The Balaban J connectivity index is 1.53. The number of aromatic nitrogens is 1. The molecule has 1 aromatic heterocycles. The highest BCUT2D eigenvalue weighted by atomic mass is 16.6. The molecular weight excluding hydrogens is 310 g/mol. The lowest BCUT2D eigenvalue weighted by molar-refractivity contribution is 0.00760. The van der Waals surface area contributed by atoms with E-state index >= 15 is 0 Å². The van der Waals surface area contributed by atoms with Crippen LogP contribution in [0.4, 0.5) is 4.79 Å². The minimum absolute atomic E-state index is 0.0110. The van der Waals surface area contributed by atoms with Gasteiger partial charge in [0.05, 0.1) is 0 Å². The maximum absolute atomic E-state index is 12.3. The predicted molar refractivity (Wildman–Crippen MR) is 86.7 cm³/mol. The highest BCUT2D eigenvalue weighted by molar-refractivity contribution is 5.95. The van der Waals surface area contributed by atoms with E-state index in [1.165, 1.54) is 12.7 Å². The van der Waals surface area contributed by atoms with Gasteiger partial charge in [0.1, 0.15) is 23.1 Å². The fourth-order valence-corrected chi connectivity index (χ4v) is 2.84. The normalized spacial score (nSPS) is 23.6. The fourth-order valence-electron chi connectivity index (χ4n) is 2.84. The van der Waals surface area contributed by atoms with Crippen LogP contribution in [0.3, 0.4) is 0 Å². The van der Waals surface area contributed by atoms with Gasteiger partial charge in [-0.1, -0.05) is 12.1 Å². The van der Waals surface area contributed by atoms with Crippen molar-refractivity contribution in [1.82, 2.24) is 15.4 Å². The summed E-state index contributed by atoms with van der Waals surface area (Å²) in [4.78, 5) is 25.9. The third-order valence-electron chi connectivity index (χ3n) is 4.56. The van der Waals surface area contributed by atoms with E-state index in [0.717, 1.165) is 0 Å². The Bertz CT molecular complexity index is 628. The summed E-state index contributed by atoms with van der Waals surface area (Å²) in [6, 6.07) is 0. The second-order valence-corrected chi connectivity index (χ2v) is 7.88. The molecule has 24 heavy (non-hydrogen) atoms. The van der Waals surface area contributed by atoms with Crippen molar-refractivity contribution < 1.29 is 18.8 Å². The first-order valence-electron chi connectivity index (χ1n) is 8.45. The molecule has 1 aliphatic carbocycles. The summed E-state index contributed by atoms with van der Waals surface area (Å²) in [6.45, 7) is 9.36. The lowest BCUT2D eigenvalue weighted by Gasteiger charge is -2.39. The molecule has 0 radical (unpaired) electrons. The number of hydrogen-bond donors (Lipinski definition) is 1. The molecule has 2 fully saturated rings. The van der Waals surface area contributed by atoms with Crippen molar-refractivity contribution in [3.63, 3.8) is 0 Å². The summed E-state index contributed by atoms with van der Waals surface area (Å²) in [7, 11) is 0. The SMILES string of the molecule is CC1CC1CNC(=O)c1conc1C1CN(C(=O)OC(C)(C)C)C1. The minimum atomic E-state index is -0.513. The van der Waals surface area contributed by atoms with Gasteiger partial charge < -0.3 is 19.5 Å². The minimum Gasteiger partial charge on any atom is -0.444 e. The number of rotatable bonds is 4. The first-order valence-corrected chi connectivity index (χ1v) is 8.45. The van der Waals surface area contributed by atoms with E-state index in [9.17, 15) is 9.59 Å². The van der Waals surface area contributed by atoms with Crippen LogP contribution in [0.2, 0.25) is 0 Å². The zero-order valence-corrected chi connectivity index (χ0v) is 14.7. The zero-order chi connectivity index (χ0) is 17.5. The Kier molecular flexibility index (Phi) is 4.27. The molecule has 2 aliphatic rings. The maximum atomic E-state index is 12.3. The van der Waals surface area contributed by atoms with E-state index in [-0.39, 0.29) is 17.9 Å². The second kappa shape index (κ2) is 6.11. The molecule has 2 heterocycles. The van der Waals surface area contributed by atoms with E-state index < -0.39 is 5.60 Å². The van der Waals surface area contributed by atoms with E-state index in [1.807, 2.05) is 20.8 Å². The van der Waals surface area contributed by atoms with Crippen molar-refractivity contribution in [3.05, 3.63) is 17.5 Å². The van der Waals surface area contributed by atoms with Crippen molar-refractivity contribution in [3.8, 4) is 0 Å². The van der Waals surface area contributed by atoms with E-state index in [1.54, 1.807) is 4.90 Å². The van der Waals surface area contributed by atoms with Crippen LogP contribution in [0.5, 0.6) is 0 Å². The highest BCUT2D eigenvalue weighted by Crippen LogP contribution is 2.37. The van der Waals surface area contributed by atoms with Gasteiger partial charge in [-0.25, -0.2) is 4.79 Å². The highest BCUT2D eigenvalue weighted by Gasteiger charge is 2.39. The summed E-state index contributed by atoms with van der Waals surface area (Å²) in [5.41, 5.74) is 0.578. The van der Waals surface area contributed by atoms with Gasteiger partial charge in [-0.2, -0.15) is 0 Å². The standard InChI is InChI=1S/C17H25N3O4/c1-10-5-11(10)6-18-15(21)13-9-23-19-14(13)12-7-20(8-12)16(22)24-17(2,3)4/h9-12H,5-8H2,1-4H3,(H,18,21). The van der Waals surface area contributed by atoms with Crippen molar-refractivity contribution in [2.45, 2.75) is 45.6 Å². The van der Waals surface area contributed by atoms with Crippen LogP contribution in [0.1, 0.15) is 56.1 Å². The number of likely N-dealkylation sites (tertiary alicyclic amines) is 1. The van der Waals surface area contributed by atoms with Crippen LogP contribution in [0.25, 0.3) is 0 Å². The smallest absolute Gasteiger partial charge is 0.410 e. The molecular formula is C17H25N3O4. The second-order valence-electron chi connectivity index (χ2n) is 7.88. The summed E-state index contributed by atoms with van der Waals surface area (Å²) < 4.78 is 10.3. The number of nitrogens with zero attached hydrogens (tertiary/aromatic N) is 2.